The predicted octanol–water partition coefficient (Wildman–Crippen LogP) is 3.03. The van der Waals surface area contributed by atoms with Gasteiger partial charge in [0, 0.05) is 34.9 Å². The Kier molecular flexibility index (Phi) is 6.21. The van der Waals surface area contributed by atoms with Crippen LogP contribution in [0, 0.1) is 0 Å². The zero-order valence-electron chi connectivity index (χ0n) is 14.9. The first-order valence-electron chi connectivity index (χ1n) is 8.33. The molecular weight excluding hydrogens is 342 g/mol. The molecule has 6 nitrogen and oxygen atoms in total. The summed E-state index contributed by atoms with van der Waals surface area (Å²) in [5.41, 5.74) is 0.567. The van der Waals surface area contributed by atoms with E-state index < -0.39 is 22.4 Å². The summed E-state index contributed by atoms with van der Waals surface area (Å²) in [5.74, 6) is -0.570. The third kappa shape index (κ3) is 5.85. The Morgan fingerprint density at radius 1 is 1.20 bits per heavy atom. The number of ether oxygens (including phenoxy) is 1. The smallest absolute Gasteiger partial charge is 0.410 e. The standard InChI is InChI=1S/C18H25NO5S/c1-18(2,3)24-17(22)19-10-8-15(9-11-19)25(23)12-13-4-6-14(7-5-13)16(20)21/h4-7,15H,8-12H2,1-3H3,(H,20,21). The van der Waals surface area contributed by atoms with Gasteiger partial charge in [0.1, 0.15) is 5.60 Å². The minimum absolute atomic E-state index is 0.0397. The lowest BCUT2D eigenvalue weighted by Gasteiger charge is -2.33. The number of benzene rings is 1. The zero-order valence-corrected chi connectivity index (χ0v) is 15.7. The van der Waals surface area contributed by atoms with Crippen molar-refractivity contribution >= 4 is 22.9 Å². The normalized spacial score (nSPS) is 17.2. The largest absolute Gasteiger partial charge is 0.478 e. The summed E-state index contributed by atoms with van der Waals surface area (Å²) in [5, 5.41) is 8.94. The van der Waals surface area contributed by atoms with Crippen molar-refractivity contribution in [2.45, 2.75) is 50.2 Å². The van der Waals surface area contributed by atoms with Gasteiger partial charge in [0.05, 0.1) is 5.56 Å². The number of rotatable bonds is 4. The van der Waals surface area contributed by atoms with E-state index in [0.717, 1.165) is 5.56 Å². The van der Waals surface area contributed by atoms with Crippen LogP contribution in [0.2, 0.25) is 0 Å². The van der Waals surface area contributed by atoms with Crippen LogP contribution in [0.5, 0.6) is 0 Å². The number of carboxylic acids is 1. The van der Waals surface area contributed by atoms with Crippen molar-refractivity contribution in [3.63, 3.8) is 0 Å². The molecule has 1 aliphatic rings. The summed E-state index contributed by atoms with van der Waals surface area (Å²) in [7, 11) is -1.05. The van der Waals surface area contributed by atoms with E-state index in [1.807, 2.05) is 20.8 Å². The van der Waals surface area contributed by atoms with Gasteiger partial charge in [0.25, 0.3) is 0 Å². The minimum atomic E-state index is -1.05. The molecule has 1 aromatic rings. The van der Waals surface area contributed by atoms with Gasteiger partial charge in [-0.3, -0.25) is 4.21 Å². The van der Waals surface area contributed by atoms with Crippen LogP contribution in [0.3, 0.4) is 0 Å². The molecule has 1 amide bonds. The summed E-state index contributed by atoms with van der Waals surface area (Å²) in [6.45, 7) is 6.60. The highest BCUT2D eigenvalue weighted by atomic mass is 32.2. The average molecular weight is 367 g/mol. The van der Waals surface area contributed by atoms with Gasteiger partial charge in [0.15, 0.2) is 0 Å². The number of carboxylic acid groups (broad SMARTS) is 1. The molecule has 1 unspecified atom stereocenters. The van der Waals surface area contributed by atoms with Crippen LogP contribution < -0.4 is 0 Å². The molecule has 1 aliphatic heterocycles. The quantitative estimate of drug-likeness (QED) is 0.884. The van der Waals surface area contributed by atoms with Crippen molar-refractivity contribution in [2.24, 2.45) is 0 Å². The lowest BCUT2D eigenvalue weighted by Crippen LogP contribution is -2.43. The van der Waals surface area contributed by atoms with Crippen molar-refractivity contribution in [3.05, 3.63) is 35.4 Å². The van der Waals surface area contributed by atoms with Crippen molar-refractivity contribution < 1.29 is 23.6 Å². The Hall–Kier alpha value is -1.89. The van der Waals surface area contributed by atoms with E-state index in [-0.39, 0.29) is 16.9 Å². The van der Waals surface area contributed by atoms with Gasteiger partial charge >= 0.3 is 12.1 Å². The van der Waals surface area contributed by atoms with Crippen molar-refractivity contribution in [3.8, 4) is 0 Å². The lowest BCUT2D eigenvalue weighted by atomic mass is 10.1. The second-order valence-electron chi connectivity index (χ2n) is 7.19. The van der Waals surface area contributed by atoms with E-state index in [2.05, 4.69) is 0 Å². The van der Waals surface area contributed by atoms with Gasteiger partial charge < -0.3 is 14.7 Å². The molecular formula is C18H25NO5S. The molecule has 138 valence electrons. The summed E-state index contributed by atoms with van der Waals surface area (Å²) in [6.07, 6.45) is 1.04. The van der Waals surface area contributed by atoms with Crippen LogP contribution in [0.15, 0.2) is 24.3 Å². The summed E-state index contributed by atoms with van der Waals surface area (Å²) in [4.78, 5) is 24.6. The molecule has 0 aliphatic carbocycles. The Morgan fingerprint density at radius 2 is 1.76 bits per heavy atom. The summed E-state index contributed by atoms with van der Waals surface area (Å²) in [6, 6.07) is 6.47. The van der Waals surface area contributed by atoms with Crippen molar-refractivity contribution in [1.29, 1.82) is 0 Å². The van der Waals surface area contributed by atoms with Gasteiger partial charge in [-0.2, -0.15) is 0 Å². The van der Waals surface area contributed by atoms with Gasteiger partial charge in [-0.05, 0) is 51.3 Å². The molecule has 1 heterocycles. The number of hydrogen-bond acceptors (Lipinski definition) is 4. The number of nitrogens with zero attached hydrogens (tertiary/aromatic N) is 1. The molecule has 2 rings (SSSR count). The fourth-order valence-corrected chi connectivity index (χ4v) is 4.15. The fraction of sp³-hybridized carbons (Fsp3) is 0.556. The van der Waals surface area contributed by atoms with E-state index in [9.17, 15) is 13.8 Å². The molecule has 0 radical (unpaired) electrons. The van der Waals surface area contributed by atoms with E-state index >= 15 is 0 Å². The first kappa shape index (κ1) is 19.4. The van der Waals surface area contributed by atoms with Crippen LogP contribution in [-0.2, 0) is 21.3 Å². The molecule has 0 spiro atoms. The average Bonchev–Trinajstić information content (AvgIpc) is 2.54. The highest BCUT2D eigenvalue weighted by Gasteiger charge is 2.29. The van der Waals surface area contributed by atoms with E-state index in [1.165, 1.54) is 12.1 Å². The summed E-state index contributed by atoms with van der Waals surface area (Å²) >= 11 is 0. The molecule has 25 heavy (non-hydrogen) atoms. The molecule has 0 aromatic heterocycles. The fourth-order valence-electron chi connectivity index (χ4n) is 2.65. The van der Waals surface area contributed by atoms with Gasteiger partial charge in [-0.1, -0.05) is 12.1 Å². The molecule has 1 saturated heterocycles. The minimum Gasteiger partial charge on any atom is -0.478 e. The Morgan fingerprint density at radius 3 is 2.24 bits per heavy atom. The number of hydrogen-bond donors (Lipinski definition) is 1. The Bertz CT molecular complexity index is 642. The number of carbonyl (C=O) groups is 2. The highest BCUT2D eigenvalue weighted by Crippen LogP contribution is 2.21. The van der Waals surface area contributed by atoms with E-state index in [0.29, 0.717) is 31.7 Å². The maximum atomic E-state index is 12.6. The predicted molar refractivity (Wildman–Crippen MR) is 96.1 cm³/mol. The Labute approximate surface area is 150 Å². The van der Waals surface area contributed by atoms with Crippen LogP contribution in [0.25, 0.3) is 0 Å². The van der Waals surface area contributed by atoms with Crippen LogP contribution in [-0.4, -0.2) is 50.2 Å². The van der Waals surface area contributed by atoms with Crippen LogP contribution in [0.4, 0.5) is 4.79 Å². The molecule has 1 atom stereocenters. The number of piperidine rings is 1. The topological polar surface area (TPSA) is 83.9 Å². The van der Waals surface area contributed by atoms with Crippen LogP contribution in [0.1, 0.15) is 49.5 Å². The van der Waals surface area contributed by atoms with Gasteiger partial charge in [-0.15, -0.1) is 0 Å². The molecule has 1 aromatic carbocycles. The first-order chi connectivity index (χ1) is 11.7. The Balaban J connectivity index is 1.84. The zero-order chi connectivity index (χ0) is 18.6. The molecule has 1 N–H and O–H groups in total. The molecule has 0 bridgehead atoms. The third-order valence-electron chi connectivity index (χ3n) is 3.98. The van der Waals surface area contributed by atoms with Crippen molar-refractivity contribution in [1.82, 2.24) is 4.90 Å². The monoisotopic (exact) mass is 367 g/mol. The second kappa shape index (κ2) is 7.99. The molecule has 0 saturated carbocycles. The second-order valence-corrected chi connectivity index (χ2v) is 8.91. The number of carbonyl (C=O) groups excluding carboxylic acids is 1. The van der Waals surface area contributed by atoms with E-state index in [1.54, 1.807) is 17.0 Å². The maximum Gasteiger partial charge on any atom is 0.410 e. The van der Waals surface area contributed by atoms with Gasteiger partial charge in [0.2, 0.25) is 0 Å². The highest BCUT2D eigenvalue weighted by molar-refractivity contribution is 7.84. The molecule has 7 heteroatoms. The van der Waals surface area contributed by atoms with Gasteiger partial charge in [-0.25, -0.2) is 9.59 Å². The summed E-state index contributed by atoms with van der Waals surface area (Å²) < 4.78 is 17.9. The van der Waals surface area contributed by atoms with Crippen molar-refractivity contribution in [2.75, 3.05) is 13.1 Å². The number of likely N-dealkylation sites (tertiary alicyclic amines) is 1. The molecule has 1 fully saturated rings. The number of aromatic carboxylic acids is 1. The van der Waals surface area contributed by atoms with Crippen LogP contribution >= 0.6 is 0 Å². The SMILES string of the molecule is CC(C)(C)OC(=O)N1CCC(S(=O)Cc2ccc(C(=O)O)cc2)CC1. The third-order valence-corrected chi connectivity index (χ3v) is 5.81. The lowest BCUT2D eigenvalue weighted by molar-refractivity contribution is 0.0218. The van der Waals surface area contributed by atoms with E-state index in [4.69, 9.17) is 9.84 Å². The first-order valence-corrected chi connectivity index (χ1v) is 9.71. The maximum absolute atomic E-state index is 12.6. The number of amides is 1.